The molecule has 1 aromatic heterocycles. The SMILES string of the molecule is COCC(CCO)NCc1cccn1C. The molecule has 4 heteroatoms. The number of hydrogen-bond acceptors (Lipinski definition) is 3. The fraction of sp³-hybridized carbons (Fsp3) is 0.636. The molecule has 0 radical (unpaired) electrons. The highest BCUT2D eigenvalue weighted by atomic mass is 16.5. The van der Waals surface area contributed by atoms with E-state index in [1.165, 1.54) is 5.69 Å². The van der Waals surface area contributed by atoms with E-state index in [4.69, 9.17) is 9.84 Å². The fourth-order valence-electron chi connectivity index (χ4n) is 1.53. The Morgan fingerprint density at radius 3 is 2.93 bits per heavy atom. The predicted octanol–water partition coefficient (Wildman–Crippen LogP) is 0.512. The summed E-state index contributed by atoms with van der Waals surface area (Å²) in [6, 6.07) is 4.32. The van der Waals surface area contributed by atoms with Crippen LogP contribution in [0, 0.1) is 0 Å². The molecule has 0 saturated carbocycles. The van der Waals surface area contributed by atoms with Crippen LogP contribution in [0.5, 0.6) is 0 Å². The van der Waals surface area contributed by atoms with Crippen molar-refractivity contribution in [2.75, 3.05) is 20.3 Å². The number of rotatable bonds is 7. The first kappa shape index (κ1) is 12.2. The van der Waals surface area contributed by atoms with Gasteiger partial charge in [-0.05, 0) is 18.6 Å². The van der Waals surface area contributed by atoms with Crippen molar-refractivity contribution in [2.24, 2.45) is 7.05 Å². The first-order valence-corrected chi connectivity index (χ1v) is 5.21. The van der Waals surface area contributed by atoms with E-state index in [1.807, 2.05) is 19.3 Å². The Bertz CT molecular complexity index is 267. The van der Waals surface area contributed by atoms with Crippen LogP contribution >= 0.6 is 0 Å². The summed E-state index contributed by atoms with van der Waals surface area (Å²) in [4.78, 5) is 0. The molecule has 0 bridgehead atoms. The lowest BCUT2D eigenvalue weighted by Crippen LogP contribution is -2.34. The molecule has 0 aliphatic carbocycles. The highest BCUT2D eigenvalue weighted by molar-refractivity contribution is 5.06. The minimum absolute atomic E-state index is 0.189. The van der Waals surface area contributed by atoms with E-state index in [0.29, 0.717) is 6.61 Å². The number of methoxy groups -OCH3 is 1. The summed E-state index contributed by atoms with van der Waals surface area (Å²) >= 11 is 0. The lowest BCUT2D eigenvalue weighted by Gasteiger charge is -2.16. The van der Waals surface area contributed by atoms with Gasteiger partial charge in [-0.1, -0.05) is 0 Å². The standard InChI is InChI=1S/C11H20N2O2/c1-13-6-3-4-11(13)8-12-10(5-7-14)9-15-2/h3-4,6,10,12,14H,5,7-9H2,1-2H3. The molecule has 1 unspecified atom stereocenters. The van der Waals surface area contributed by atoms with Gasteiger partial charge < -0.3 is 19.7 Å². The Hall–Kier alpha value is -0.840. The molecule has 0 spiro atoms. The van der Waals surface area contributed by atoms with Crippen LogP contribution in [-0.2, 0) is 18.3 Å². The second-order valence-electron chi connectivity index (χ2n) is 3.66. The highest BCUT2D eigenvalue weighted by Gasteiger charge is 2.07. The normalized spacial score (nSPS) is 13.0. The van der Waals surface area contributed by atoms with E-state index in [0.717, 1.165) is 13.0 Å². The quantitative estimate of drug-likeness (QED) is 0.692. The molecule has 0 aliphatic rings. The van der Waals surface area contributed by atoms with E-state index in [2.05, 4.69) is 16.0 Å². The van der Waals surface area contributed by atoms with Gasteiger partial charge in [-0.15, -0.1) is 0 Å². The number of nitrogens with zero attached hydrogens (tertiary/aromatic N) is 1. The van der Waals surface area contributed by atoms with Gasteiger partial charge in [0, 0.05) is 45.2 Å². The van der Waals surface area contributed by atoms with Gasteiger partial charge in [-0.3, -0.25) is 0 Å². The maximum Gasteiger partial charge on any atom is 0.0616 e. The molecule has 0 fully saturated rings. The fourth-order valence-corrected chi connectivity index (χ4v) is 1.53. The second-order valence-corrected chi connectivity index (χ2v) is 3.66. The summed E-state index contributed by atoms with van der Waals surface area (Å²) < 4.78 is 7.16. The molecule has 15 heavy (non-hydrogen) atoms. The summed E-state index contributed by atoms with van der Waals surface area (Å²) in [5.74, 6) is 0. The van der Waals surface area contributed by atoms with Crippen molar-refractivity contribution in [1.82, 2.24) is 9.88 Å². The lowest BCUT2D eigenvalue weighted by atomic mass is 10.2. The van der Waals surface area contributed by atoms with Crippen molar-refractivity contribution in [3.05, 3.63) is 24.0 Å². The minimum atomic E-state index is 0.189. The van der Waals surface area contributed by atoms with Crippen LogP contribution in [0.1, 0.15) is 12.1 Å². The van der Waals surface area contributed by atoms with Crippen molar-refractivity contribution in [2.45, 2.75) is 19.0 Å². The Morgan fingerprint density at radius 2 is 2.40 bits per heavy atom. The van der Waals surface area contributed by atoms with Gasteiger partial charge in [0.25, 0.3) is 0 Å². The van der Waals surface area contributed by atoms with Crippen molar-refractivity contribution in [3.8, 4) is 0 Å². The number of aromatic nitrogens is 1. The zero-order valence-electron chi connectivity index (χ0n) is 9.44. The number of aryl methyl sites for hydroxylation is 1. The van der Waals surface area contributed by atoms with Crippen molar-refractivity contribution in [3.63, 3.8) is 0 Å². The number of ether oxygens (including phenoxy) is 1. The van der Waals surface area contributed by atoms with Gasteiger partial charge in [0.2, 0.25) is 0 Å². The second kappa shape index (κ2) is 6.61. The number of hydrogen-bond donors (Lipinski definition) is 2. The maximum atomic E-state index is 8.87. The van der Waals surface area contributed by atoms with Gasteiger partial charge in [0.15, 0.2) is 0 Å². The van der Waals surface area contributed by atoms with Gasteiger partial charge in [-0.2, -0.15) is 0 Å². The van der Waals surface area contributed by atoms with Crippen LogP contribution in [0.4, 0.5) is 0 Å². The Morgan fingerprint density at radius 1 is 1.60 bits per heavy atom. The largest absolute Gasteiger partial charge is 0.396 e. The molecular formula is C11H20N2O2. The molecule has 86 valence electrons. The van der Waals surface area contributed by atoms with E-state index in [1.54, 1.807) is 7.11 Å². The van der Waals surface area contributed by atoms with E-state index in [9.17, 15) is 0 Å². The van der Waals surface area contributed by atoms with Gasteiger partial charge in [-0.25, -0.2) is 0 Å². The topological polar surface area (TPSA) is 46.4 Å². The Kier molecular flexibility index (Phi) is 5.39. The first-order chi connectivity index (χ1) is 7.27. The monoisotopic (exact) mass is 212 g/mol. The molecule has 0 aliphatic heterocycles. The molecule has 1 atom stereocenters. The summed E-state index contributed by atoms with van der Waals surface area (Å²) in [6.45, 7) is 1.62. The Labute approximate surface area is 90.9 Å². The zero-order valence-corrected chi connectivity index (χ0v) is 9.44. The summed E-state index contributed by atoms with van der Waals surface area (Å²) in [7, 11) is 3.70. The van der Waals surface area contributed by atoms with E-state index < -0.39 is 0 Å². The van der Waals surface area contributed by atoms with Crippen LogP contribution < -0.4 is 5.32 Å². The van der Waals surface area contributed by atoms with Crippen LogP contribution in [0.25, 0.3) is 0 Å². The third kappa shape index (κ3) is 4.03. The molecule has 4 nitrogen and oxygen atoms in total. The average molecular weight is 212 g/mol. The molecule has 1 heterocycles. The number of aliphatic hydroxyl groups is 1. The average Bonchev–Trinajstić information content (AvgIpc) is 2.61. The predicted molar refractivity (Wildman–Crippen MR) is 59.6 cm³/mol. The summed E-state index contributed by atoms with van der Waals surface area (Å²) in [6.07, 6.45) is 2.74. The third-order valence-electron chi connectivity index (χ3n) is 2.47. The van der Waals surface area contributed by atoms with Crippen molar-refractivity contribution in [1.29, 1.82) is 0 Å². The van der Waals surface area contributed by atoms with E-state index in [-0.39, 0.29) is 12.6 Å². The van der Waals surface area contributed by atoms with Crippen molar-refractivity contribution >= 4 is 0 Å². The zero-order chi connectivity index (χ0) is 11.1. The molecule has 0 saturated heterocycles. The number of nitrogens with one attached hydrogen (secondary N) is 1. The van der Waals surface area contributed by atoms with Gasteiger partial charge in [0.05, 0.1) is 6.61 Å². The smallest absolute Gasteiger partial charge is 0.0616 e. The van der Waals surface area contributed by atoms with Gasteiger partial charge >= 0.3 is 0 Å². The molecular weight excluding hydrogens is 192 g/mol. The number of aliphatic hydroxyl groups excluding tert-OH is 1. The molecule has 1 rings (SSSR count). The first-order valence-electron chi connectivity index (χ1n) is 5.21. The highest BCUT2D eigenvalue weighted by Crippen LogP contribution is 2.00. The van der Waals surface area contributed by atoms with Crippen LogP contribution in [0.2, 0.25) is 0 Å². The van der Waals surface area contributed by atoms with Gasteiger partial charge in [0.1, 0.15) is 0 Å². The molecule has 0 amide bonds. The summed E-state index contributed by atoms with van der Waals surface area (Å²) in [5, 5.41) is 12.2. The maximum absolute atomic E-state index is 8.87. The molecule has 0 aromatic carbocycles. The van der Waals surface area contributed by atoms with Crippen LogP contribution in [0.3, 0.4) is 0 Å². The van der Waals surface area contributed by atoms with E-state index >= 15 is 0 Å². The summed E-state index contributed by atoms with van der Waals surface area (Å²) in [5.41, 5.74) is 1.23. The van der Waals surface area contributed by atoms with Crippen LogP contribution in [-0.4, -0.2) is 36.0 Å². The lowest BCUT2D eigenvalue weighted by molar-refractivity contribution is 0.147. The third-order valence-corrected chi connectivity index (χ3v) is 2.47. The van der Waals surface area contributed by atoms with Crippen molar-refractivity contribution < 1.29 is 9.84 Å². The Balaban J connectivity index is 2.36. The minimum Gasteiger partial charge on any atom is -0.396 e. The van der Waals surface area contributed by atoms with Crippen LogP contribution in [0.15, 0.2) is 18.3 Å². The molecule has 1 aromatic rings. The molecule has 2 N–H and O–H groups in total.